The van der Waals surface area contributed by atoms with E-state index in [2.05, 4.69) is 4.72 Å². The van der Waals surface area contributed by atoms with Crippen molar-refractivity contribution in [2.24, 2.45) is 0 Å². The van der Waals surface area contributed by atoms with E-state index in [0.29, 0.717) is 11.8 Å². The third-order valence-electron chi connectivity index (χ3n) is 3.14. The maximum Gasteiger partial charge on any atom is 0.243 e. The third kappa shape index (κ3) is 4.53. The molecular formula is C16H15FNO5S-. The molecule has 0 amide bonds. The molecule has 0 aromatic heterocycles. The maximum absolute atomic E-state index is 13.7. The van der Waals surface area contributed by atoms with Crippen molar-refractivity contribution in [3.05, 3.63) is 59.4 Å². The van der Waals surface area contributed by atoms with Crippen LogP contribution in [0.4, 0.5) is 4.39 Å². The Morgan fingerprint density at radius 1 is 1.21 bits per heavy atom. The summed E-state index contributed by atoms with van der Waals surface area (Å²) < 4.78 is 45.3. The second-order valence-electron chi connectivity index (χ2n) is 4.99. The zero-order chi connectivity index (χ0) is 17.7. The first-order valence-corrected chi connectivity index (χ1v) is 8.48. The van der Waals surface area contributed by atoms with Gasteiger partial charge in [0.15, 0.2) is 0 Å². The van der Waals surface area contributed by atoms with E-state index in [9.17, 15) is 22.7 Å². The highest BCUT2D eigenvalue weighted by molar-refractivity contribution is 7.89. The SMILES string of the molecule is Cc1ccc(OCCNS(=O)(=O)c2cc(C(=O)[O-])ccc2F)cc1. The van der Waals surface area contributed by atoms with Crippen LogP contribution in [-0.2, 0) is 10.0 Å². The van der Waals surface area contributed by atoms with Crippen LogP contribution in [0.3, 0.4) is 0 Å². The highest BCUT2D eigenvalue weighted by atomic mass is 32.2. The van der Waals surface area contributed by atoms with Crippen LogP contribution in [-0.4, -0.2) is 27.5 Å². The van der Waals surface area contributed by atoms with E-state index in [1.165, 1.54) is 0 Å². The van der Waals surface area contributed by atoms with Gasteiger partial charge in [-0.2, -0.15) is 0 Å². The first kappa shape index (κ1) is 17.9. The lowest BCUT2D eigenvalue weighted by Crippen LogP contribution is -2.29. The van der Waals surface area contributed by atoms with E-state index < -0.39 is 32.3 Å². The fourth-order valence-corrected chi connectivity index (χ4v) is 3.01. The molecule has 0 atom stereocenters. The topological polar surface area (TPSA) is 95.5 Å². The lowest BCUT2D eigenvalue weighted by Gasteiger charge is -2.11. The lowest BCUT2D eigenvalue weighted by atomic mass is 10.2. The fourth-order valence-electron chi connectivity index (χ4n) is 1.89. The minimum Gasteiger partial charge on any atom is -0.545 e. The van der Waals surface area contributed by atoms with Crippen LogP contribution in [0.15, 0.2) is 47.4 Å². The number of nitrogens with one attached hydrogen (secondary N) is 1. The van der Waals surface area contributed by atoms with Gasteiger partial charge in [0.2, 0.25) is 10.0 Å². The van der Waals surface area contributed by atoms with E-state index in [1.54, 1.807) is 12.1 Å². The van der Waals surface area contributed by atoms with Crippen molar-refractivity contribution in [1.82, 2.24) is 4.72 Å². The summed E-state index contributed by atoms with van der Waals surface area (Å²) >= 11 is 0. The van der Waals surface area contributed by atoms with E-state index in [-0.39, 0.29) is 13.2 Å². The van der Waals surface area contributed by atoms with Crippen molar-refractivity contribution in [2.75, 3.05) is 13.2 Å². The Bertz CT molecular complexity index is 834. The summed E-state index contributed by atoms with van der Waals surface area (Å²) in [5.41, 5.74) is 0.638. The molecular weight excluding hydrogens is 337 g/mol. The molecule has 2 aromatic rings. The second kappa shape index (κ2) is 7.41. The summed E-state index contributed by atoms with van der Waals surface area (Å²) in [7, 11) is -4.20. The Kier molecular flexibility index (Phi) is 5.53. The van der Waals surface area contributed by atoms with Gasteiger partial charge in [0, 0.05) is 6.54 Å². The van der Waals surface area contributed by atoms with Crippen molar-refractivity contribution < 1.29 is 27.4 Å². The molecule has 0 spiro atoms. The molecule has 0 saturated carbocycles. The van der Waals surface area contributed by atoms with E-state index in [4.69, 9.17) is 4.74 Å². The molecule has 24 heavy (non-hydrogen) atoms. The van der Waals surface area contributed by atoms with Gasteiger partial charge in [-0.1, -0.05) is 23.8 Å². The molecule has 0 aliphatic carbocycles. The third-order valence-corrected chi connectivity index (χ3v) is 4.62. The largest absolute Gasteiger partial charge is 0.545 e. The van der Waals surface area contributed by atoms with E-state index in [0.717, 1.165) is 17.7 Å². The number of benzene rings is 2. The van der Waals surface area contributed by atoms with Gasteiger partial charge in [-0.05, 0) is 36.8 Å². The predicted molar refractivity (Wildman–Crippen MR) is 82.6 cm³/mol. The molecule has 0 unspecified atom stereocenters. The van der Waals surface area contributed by atoms with Crippen LogP contribution < -0.4 is 14.6 Å². The number of aryl methyl sites for hydroxylation is 1. The summed E-state index contributed by atoms with van der Waals surface area (Å²) in [4.78, 5) is 10.0. The zero-order valence-corrected chi connectivity index (χ0v) is 13.6. The van der Waals surface area contributed by atoms with Crippen molar-refractivity contribution in [3.63, 3.8) is 0 Å². The van der Waals surface area contributed by atoms with Gasteiger partial charge in [-0.3, -0.25) is 0 Å². The minimum absolute atomic E-state index is 0.0318. The molecule has 6 nitrogen and oxygen atoms in total. The molecule has 8 heteroatoms. The first-order chi connectivity index (χ1) is 11.3. The van der Waals surface area contributed by atoms with Crippen molar-refractivity contribution in [1.29, 1.82) is 0 Å². The quantitative estimate of drug-likeness (QED) is 0.746. The maximum atomic E-state index is 13.7. The van der Waals surface area contributed by atoms with Gasteiger partial charge < -0.3 is 14.6 Å². The Labute approximate surface area is 138 Å². The van der Waals surface area contributed by atoms with E-state index >= 15 is 0 Å². The number of sulfonamides is 1. The number of rotatable bonds is 7. The standard InChI is InChI=1S/C16H16FNO5S/c1-11-2-5-13(6-3-11)23-9-8-18-24(21,22)15-10-12(16(19)20)4-7-14(15)17/h2-7,10,18H,8-9H2,1H3,(H,19,20)/p-1. The summed E-state index contributed by atoms with van der Waals surface area (Å²) in [5, 5.41) is 10.8. The highest BCUT2D eigenvalue weighted by Crippen LogP contribution is 2.16. The van der Waals surface area contributed by atoms with Gasteiger partial charge in [-0.15, -0.1) is 0 Å². The number of ether oxygens (including phenoxy) is 1. The summed E-state index contributed by atoms with van der Waals surface area (Å²) in [6, 6.07) is 9.60. The molecule has 0 radical (unpaired) electrons. The Balaban J connectivity index is 2.00. The average molecular weight is 352 g/mol. The molecule has 128 valence electrons. The minimum atomic E-state index is -4.20. The molecule has 2 rings (SSSR count). The first-order valence-electron chi connectivity index (χ1n) is 6.99. The molecule has 0 fully saturated rings. The summed E-state index contributed by atoms with van der Waals surface area (Å²) in [5.74, 6) is -2.06. The lowest BCUT2D eigenvalue weighted by molar-refractivity contribution is -0.255. The highest BCUT2D eigenvalue weighted by Gasteiger charge is 2.19. The zero-order valence-electron chi connectivity index (χ0n) is 12.8. The number of carboxylic acids is 1. The molecule has 0 aliphatic heterocycles. The van der Waals surface area contributed by atoms with Crippen molar-refractivity contribution >= 4 is 16.0 Å². The van der Waals surface area contributed by atoms with Gasteiger partial charge in [0.05, 0.1) is 5.97 Å². The van der Waals surface area contributed by atoms with Crippen LogP contribution in [0.5, 0.6) is 5.75 Å². The number of halogens is 1. The van der Waals surface area contributed by atoms with Gasteiger partial charge in [0.1, 0.15) is 23.1 Å². The average Bonchev–Trinajstić information content (AvgIpc) is 2.53. The normalized spacial score (nSPS) is 11.2. The van der Waals surface area contributed by atoms with Crippen LogP contribution in [0.1, 0.15) is 15.9 Å². The molecule has 0 aliphatic rings. The number of carbonyl (C=O) groups is 1. The Morgan fingerprint density at radius 2 is 1.88 bits per heavy atom. The molecule has 0 bridgehead atoms. The van der Waals surface area contributed by atoms with Crippen LogP contribution in [0.25, 0.3) is 0 Å². The number of carbonyl (C=O) groups excluding carboxylic acids is 1. The number of carboxylic acid groups (broad SMARTS) is 1. The van der Waals surface area contributed by atoms with Crippen molar-refractivity contribution in [3.8, 4) is 5.75 Å². The fraction of sp³-hybridized carbons (Fsp3) is 0.188. The van der Waals surface area contributed by atoms with Gasteiger partial charge in [0.25, 0.3) is 0 Å². The predicted octanol–water partition coefficient (Wildman–Crippen LogP) is 0.855. The van der Waals surface area contributed by atoms with Crippen molar-refractivity contribution in [2.45, 2.75) is 11.8 Å². The van der Waals surface area contributed by atoms with Gasteiger partial charge >= 0.3 is 0 Å². The van der Waals surface area contributed by atoms with Gasteiger partial charge in [-0.25, -0.2) is 17.5 Å². The number of hydrogen-bond acceptors (Lipinski definition) is 5. The summed E-state index contributed by atoms with van der Waals surface area (Å²) in [6.45, 7) is 1.85. The molecule has 2 aromatic carbocycles. The summed E-state index contributed by atoms with van der Waals surface area (Å²) in [6.07, 6.45) is 0. The Hall–Kier alpha value is -2.45. The van der Waals surface area contributed by atoms with Crippen LogP contribution in [0, 0.1) is 12.7 Å². The second-order valence-corrected chi connectivity index (χ2v) is 6.73. The smallest absolute Gasteiger partial charge is 0.243 e. The van der Waals surface area contributed by atoms with Crippen LogP contribution in [0.2, 0.25) is 0 Å². The molecule has 1 N–H and O–H groups in total. The molecule has 0 heterocycles. The van der Waals surface area contributed by atoms with E-state index in [1.807, 2.05) is 19.1 Å². The monoisotopic (exact) mass is 352 g/mol. The van der Waals surface area contributed by atoms with Crippen LogP contribution >= 0.6 is 0 Å². The number of aromatic carboxylic acids is 1. The Morgan fingerprint density at radius 3 is 2.50 bits per heavy atom. The number of hydrogen-bond donors (Lipinski definition) is 1. The molecule has 0 saturated heterocycles.